The van der Waals surface area contributed by atoms with Gasteiger partial charge >= 0.3 is 0 Å². The minimum atomic E-state index is -0.00502. The van der Waals surface area contributed by atoms with Crippen LogP contribution in [0.1, 0.15) is 26.8 Å². The average Bonchev–Trinajstić information content (AvgIpc) is 3.05. The third-order valence-corrected chi connectivity index (χ3v) is 4.74. The molecule has 0 spiro atoms. The standard InChI is InChI=1S/C15H17N3OS/c1-10-14(20-9-17-10)15(19)18-7-12(13(16)8-18)11-5-3-2-4-6-11/h2-6,9,12-13H,7-8,16H2,1H3/t12-,13+/m0/s1. The lowest BCUT2D eigenvalue weighted by Gasteiger charge is -2.15. The summed E-state index contributed by atoms with van der Waals surface area (Å²) in [4.78, 5) is 19.2. The van der Waals surface area contributed by atoms with Crippen LogP contribution in [-0.2, 0) is 0 Å². The van der Waals surface area contributed by atoms with E-state index in [9.17, 15) is 4.79 Å². The van der Waals surface area contributed by atoms with Crippen molar-refractivity contribution in [3.63, 3.8) is 0 Å². The molecule has 0 aliphatic carbocycles. The van der Waals surface area contributed by atoms with E-state index in [1.165, 1.54) is 16.9 Å². The molecule has 0 unspecified atom stereocenters. The Balaban J connectivity index is 1.79. The molecule has 2 heterocycles. The van der Waals surface area contributed by atoms with Crippen LogP contribution < -0.4 is 5.73 Å². The lowest BCUT2D eigenvalue weighted by Crippen LogP contribution is -2.32. The van der Waals surface area contributed by atoms with E-state index in [0.717, 1.165) is 10.6 Å². The van der Waals surface area contributed by atoms with Crippen molar-refractivity contribution < 1.29 is 4.79 Å². The third-order valence-electron chi connectivity index (χ3n) is 3.82. The summed E-state index contributed by atoms with van der Waals surface area (Å²) >= 11 is 1.40. The molecule has 0 bridgehead atoms. The minimum Gasteiger partial charge on any atom is -0.336 e. The SMILES string of the molecule is Cc1ncsc1C(=O)N1C[C@@H](N)[C@H](c2ccccc2)C1. The molecule has 0 radical (unpaired) electrons. The summed E-state index contributed by atoms with van der Waals surface area (Å²) < 4.78 is 0. The van der Waals surface area contributed by atoms with Gasteiger partial charge < -0.3 is 10.6 Å². The van der Waals surface area contributed by atoms with Gasteiger partial charge in [-0.2, -0.15) is 0 Å². The third kappa shape index (κ3) is 2.34. The Hall–Kier alpha value is -1.72. The van der Waals surface area contributed by atoms with Crippen molar-refractivity contribution in [2.24, 2.45) is 5.73 Å². The second-order valence-corrected chi connectivity index (χ2v) is 6.01. The van der Waals surface area contributed by atoms with Gasteiger partial charge in [0.1, 0.15) is 4.88 Å². The first-order valence-corrected chi connectivity index (χ1v) is 7.54. The van der Waals surface area contributed by atoms with E-state index in [0.29, 0.717) is 13.1 Å². The van der Waals surface area contributed by atoms with E-state index in [4.69, 9.17) is 5.73 Å². The quantitative estimate of drug-likeness (QED) is 0.919. The van der Waals surface area contributed by atoms with Gasteiger partial charge in [0.2, 0.25) is 0 Å². The first-order valence-electron chi connectivity index (χ1n) is 6.66. The van der Waals surface area contributed by atoms with Crippen LogP contribution in [-0.4, -0.2) is 34.9 Å². The normalized spacial score (nSPS) is 22.2. The van der Waals surface area contributed by atoms with Gasteiger partial charge in [0.25, 0.3) is 5.91 Å². The van der Waals surface area contributed by atoms with Crippen molar-refractivity contribution in [3.8, 4) is 0 Å². The summed E-state index contributed by atoms with van der Waals surface area (Å²) in [7, 11) is 0. The van der Waals surface area contributed by atoms with Crippen molar-refractivity contribution in [3.05, 3.63) is 52.0 Å². The molecule has 1 aliphatic rings. The monoisotopic (exact) mass is 287 g/mol. The molecule has 2 atom stereocenters. The summed E-state index contributed by atoms with van der Waals surface area (Å²) in [5, 5.41) is 0. The maximum absolute atomic E-state index is 12.5. The number of aromatic nitrogens is 1. The van der Waals surface area contributed by atoms with Crippen LogP contribution in [0.5, 0.6) is 0 Å². The van der Waals surface area contributed by atoms with Crippen molar-refractivity contribution in [1.29, 1.82) is 0 Å². The Morgan fingerprint density at radius 2 is 2.10 bits per heavy atom. The first kappa shape index (κ1) is 13.3. The molecule has 1 saturated heterocycles. The fourth-order valence-corrected chi connectivity index (χ4v) is 3.47. The largest absolute Gasteiger partial charge is 0.336 e. The van der Waals surface area contributed by atoms with E-state index < -0.39 is 0 Å². The Kier molecular flexibility index (Phi) is 3.54. The molecule has 1 amide bonds. The van der Waals surface area contributed by atoms with Gasteiger partial charge in [-0.05, 0) is 12.5 Å². The number of hydrogen-bond acceptors (Lipinski definition) is 4. The van der Waals surface area contributed by atoms with E-state index in [1.807, 2.05) is 30.0 Å². The highest BCUT2D eigenvalue weighted by Gasteiger charge is 2.35. The Morgan fingerprint density at radius 3 is 2.75 bits per heavy atom. The van der Waals surface area contributed by atoms with Crippen LogP contribution in [0.25, 0.3) is 0 Å². The summed E-state index contributed by atoms with van der Waals surface area (Å²) in [6.07, 6.45) is 0. The molecule has 4 nitrogen and oxygen atoms in total. The number of rotatable bonds is 2. The second-order valence-electron chi connectivity index (χ2n) is 5.16. The Bertz CT molecular complexity index is 611. The number of amides is 1. The molecular weight excluding hydrogens is 270 g/mol. The van der Waals surface area contributed by atoms with E-state index in [-0.39, 0.29) is 17.9 Å². The highest BCUT2D eigenvalue weighted by molar-refractivity contribution is 7.11. The molecule has 2 aromatic rings. The van der Waals surface area contributed by atoms with Crippen LogP contribution in [0, 0.1) is 6.92 Å². The molecule has 104 valence electrons. The molecule has 20 heavy (non-hydrogen) atoms. The van der Waals surface area contributed by atoms with Gasteiger partial charge in [-0.15, -0.1) is 11.3 Å². The number of carbonyl (C=O) groups is 1. The summed E-state index contributed by atoms with van der Waals surface area (Å²) in [5.41, 5.74) is 9.95. The maximum Gasteiger partial charge on any atom is 0.265 e. The molecule has 1 fully saturated rings. The van der Waals surface area contributed by atoms with Crippen molar-refractivity contribution in [2.45, 2.75) is 18.9 Å². The summed E-state index contributed by atoms with van der Waals surface area (Å²) in [6.45, 7) is 3.16. The Morgan fingerprint density at radius 1 is 1.35 bits per heavy atom. The predicted octanol–water partition coefficient (Wildman–Crippen LogP) is 2.02. The van der Waals surface area contributed by atoms with Crippen LogP contribution in [0.2, 0.25) is 0 Å². The number of likely N-dealkylation sites (tertiary alicyclic amines) is 1. The van der Waals surface area contributed by atoms with E-state index in [2.05, 4.69) is 17.1 Å². The number of hydrogen-bond donors (Lipinski definition) is 1. The van der Waals surface area contributed by atoms with Crippen molar-refractivity contribution in [1.82, 2.24) is 9.88 Å². The zero-order valence-electron chi connectivity index (χ0n) is 11.3. The fourth-order valence-electron chi connectivity index (χ4n) is 2.70. The zero-order chi connectivity index (χ0) is 14.1. The minimum absolute atomic E-state index is 0.00502. The number of nitrogens with zero attached hydrogens (tertiary/aromatic N) is 2. The summed E-state index contributed by atoms with van der Waals surface area (Å²) in [6, 6.07) is 10.2. The Labute approximate surface area is 122 Å². The number of aryl methyl sites for hydroxylation is 1. The first-order chi connectivity index (χ1) is 9.66. The van der Waals surface area contributed by atoms with Crippen LogP contribution >= 0.6 is 11.3 Å². The van der Waals surface area contributed by atoms with Crippen LogP contribution in [0.3, 0.4) is 0 Å². The van der Waals surface area contributed by atoms with Gasteiger partial charge in [0, 0.05) is 25.0 Å². The molecule has 0 saturated carbocycles. The van der Waals surface area contributed by atoms with Gasteiger partial charge in [0.05, 0.1) is 11.2 Å². The van der Waals surface area contributed by atoms with Gasteiger partial charge in [-0.1, -0.05) is 30.3 Å². The number of thiazole rings is 1. The number of nitrogens with two attached hydrogens (primary N) is 1. The maximum atomic E-state index is 12.5. The molecule has 1 aromatic carbocycles. The molecule has 1 aliphatic heterocycles. The smallest absolute Gasteiger partial charge is 0.265 e. The van der Waals surface area contributed by atoms with Crippen molar-refractivity contribution in [2.75, 3.05) is 13.1 Å². The fraction of sp³-hybridized carbons (Fsp3) is 0.333. The number of carbonyl (C=O) groups excluding carboxylic acids is 1. The van der Waals surface area contributed by atoms with E-state index in [1.54, 1.807) is 5.51 Å². The average molecular weight is 287 g/mol. The topological polar surface area (TPSA) is 59.2 Å². The number of benzene rings is 1. The summed E-state index contributed by atoms with van der Waals surface area (Å²) in [5.74, 6) is 0.271. The highest BCUT2D eigenvalue weighted by Crippen LogP contribution is 2.28. The molecule has 2 N–H and O–H groups in total. The van der Waals surface area contributed by atoms with Crippen LogP contribution in [0.4, 0.5) is 0 Å². The van der Waals surface area contributed by atoms with E-state index >= 15 is 0 Å². The van der Waals surface area contributed by atoms with Crippen LogP contribution in [0.15, 0.2) is 35.8 Å². The van der Waals surface area contributed by atoms with Crippen molar-refractivity contribution >= 4 is 17.2 Å². The van der Waals surface area contributed by atoms with Gasteiger partial charge in [-0.3, -0.25) is 4.79 Å². The zero-order valence-corrected chi connectivity index (χ0v) is 12.1. The lowest BCUT2D eigenvalue weighted by atomic mass is 9.95. The highest BCUT2D eigenvalue weighted by atomic mass is 32.1. The lowest BCUT2D eigenvalue weighted by molar-refractivity contribution is 0.0793. The molecular formula is C15H17N3OS. The molecule has 5 heteroatoms. The molecule has 3 rings (SSSR count). The molecule has 1 aromatic heterocycles. The predicted molar refractivity (Wildman–Crippen MR) is 79.9 cm³/mol. The van der Waals surface area contributed by atoms with Gasteiger partial charge in [0.15, 0.2) is 0 Å². The van der Waals surface area contributed by atoms with Gasteiger partial charge in [-0.25, -0.2) is 4.98 Å². The second kappa shape index (κ2) is 5.34.